The molecule has 98 valence electrons. The summed E-state index contributed by atoms with van der Waals surface area (Å²) in [6.45, 7) is 2.21. The van der Waals surface area contributed by atoms with E-state index in [9.17, 15) is 4.79 Å². The summed E-state index contributed by atoms with van der Waals surface area (Å²) < 4.78 is 6.74. The smallest absolute Gasteiger partial charge is 0.311 e. The fourth-order valence-electron chi connectivity index (χ4n) is 1.22. The van der Waals surface area contributed by atoms with Gasteiger partial charge >= 0.3 is 5.97 Å². The van der Waals surface area contributed by atoms with Crippen molar-refractivity contribution in [2.75, 3.05) is 6.61 Å². The van der Waals surface area contributed by atoms with Crippen LogP contribution in [0.4, 0.5) is 0 Å². The minimum Gasteiger partial charge on any atom is -0.466 e. The highest BCUT2D eigenvalue weighted by molar-refractivity contribution is 7.15. The standard InChI is InChI=1S/C9H10N2O2S.HNO3/c1-2-13-8(12)5-7-6-11-3-4-14-9(11)10-7;2-1(3)4/h3-4,6H,2,5H2,1H3;(H,2,3,4). The van der Waals surface area contributed by atoms with Gasteiger partial charge in [0, 0.05) is 17.8 Å². The van der Waals surface area contributed by atoms with E-state index in [0.717, 1.165) is 10.7 Å². The van der Waals surface area contributed by atoms with Crippen LogP contribution < -0.4 is 0 Å². The maximum atomic E-state index is 11.1. The third kappa shape index (κ3) is 4.37. The molecule has 8 nitrogen and oxygen atoms in total. The molecule has 0 bridgehead atoms. The Hall–Kier alpha value is -2.16. The molecule has 0 saturated carbocycles. The Balaban J connectivity index is 0.000000357. The maximum absolute atomic E-state index is 11.1. The zero-order valence-corrected chi connectivity index (χ0v) is 10.3. The van der Waals surface area contributed by atoms with Gasteiger partial charge in [-0.25, -0.2) is 4.98 Å². The van der Waals surface area contributed by atoms with E-state index in [0.29, 0.717) is 6.61 Å². The van der Waals surface area contributed by atoms with Gasteiger partial charge in [-0.05, 0) is 6.92 Å². The molecule has 0 aromatic carbocycles. The molecule has 0 unspecified atom stereocenters. The quantitative estimate of drug-likeness (QED) is 0.510. The molecule has 0 aliphatic carbocycles. The normalized spacial score (nSPS) is 9.61. The molecule has 0 spiro atoms. The number of carbonyl (C=O) groups is 1. The fraction of sp³-hybridized carbons (Fsp3) is 0.333. The number of carbonyl (C=O) groups excluding carboxylic acids is 1. The van der Waals surface area contributed by atoms with Crippen molar-refractivity contribution in [1.29, 1.82) is 0 Å². The summed E-state index contributed by atoms with van der Waals surface area (Å²) >= 11 is 1.55. The molecule has 0 radical (unpaired) electrons. The van der Waals surface area contributed by atoms with E-state index >= 15 is 0 Å². The number of rotatable bonds is 3. The van der Waals surface area contributed by atoms with Gasteiger partial charge in [0.2, 0.25) is 0 Å². The van der Waals surface area contributed by atoms with Crippen molar-refractivity contribution in [2.45, 2.75) is 13.3 Å². The third-order valence-electron chi connectivity index (χ3n) is 1.77. The largest absolute Gasteiger partial charge is 0.466 e. The van der Waals surface area contributed by atoms with E-state index < -0.39 is 5.09 Å². The van der Waals surface area contributed by atoms with E-state index in [-0.39, 0.29) is 12.4 Å². The highest BCUT2D eigenvalue weighted by Crippen LogP contribution is 2.11. The minimum absolute atomic E-state index is 0.224. The Morgan fingerprint density at radius 2 is 2.39 bits per heavy atom. The number of hydrogen-bond donors (Lipinski definition) is 1. The lowest BCUT2D eigenvalue weighted by Crippen LogP contribution is -2.07. The first-order chi connectivity index (χ1) is 8.52. The van der Waals surface area contributed by atoms with Crippen LogP contribution in [0.1, 0.15) is 12.6 Å². The third-order valence-corrected chi connectivity index (χ3v) is 2.54. The number of imidazole rings is 1. The Morgan fingerprint density at radius 3 is 2.94 bits per heavy atom. The topological polar surface area (TPSA) is 107 Å². The molecule has 0 aliphatic rings. The molecule has 1 N–H and O–H groups in total. The molecular weight excluding hydrogens is 262 g/mol. The average molecular weight is 273 g/mol. The van der Waals surface area contributed by atoms with Crippen LogP contribution in [0.25, 0.3) is 4.96 Å². The zero-order valence-electron chi connectivity index (χ0n) is 9.48. The van der Waals surface area contributed by atoms with Crippen molar-refractivity contribution >= 4 is 22.3 Å². The van der Waals surface area contributed by atoms with Crippen LogP contribution >= 0.6 is 11.3 Å². The van der Waals surface area contributed by atoms with Gasteiger partial charge in [-0.2, -0.15) is 0 Å². The van der Waals surface area contributed by atoms with Gasteiger partial charge in [-0.1, -0.05) is 0 Å². The second-order valence-corrected chi connectivity index (χ2v) is 3.92. The lowest BCUT2D eigenvalue weighted by Gasteiger charge is -1.97. The molecule has 2 aromatic heterocycles. The summed E-state index contributed by atoms with van der Waals surface area (Å²) in [4.78, 5) is 24.7. The van der Waals surface area contributed by atoms with Gasteiger partial charge in [-0.3, -0.25) is 9.20 Å². The highest BCUT2D eigenvalue weighted by atomic mass is 32.1. The van der Waals surface area contributed by atoms with E-state index in [1.165, 1.54) is 0 Å². The van der Waals surface area contributed by atoms with Gasteiger partial charge in [0.25, 0.3) is 5.09 Å². The maximum Gasteiger partial charge on any atom is 0.311 e. The summed E-state index contributed by atoms with van der Waals surface area (Å²) in [6.07, 6.45) is 4.02. The minimum atomic E-state index is -1.50. The average Bonchev–Trinajstić information content (AvgIpc) is 2.76. The number of hydrogen-bond acceptors (Lipinski definition) is 6. The van der Waals surface area contributed by atoms with Crippen molar-refractivity contribution in [1.82, 2.24) is 9.38 Å². The van der Waals surface area contributed by atoms with Crippen LogP contribution in [0.2, 0.25) is 0 Å². The number of esters is 1. The van der Waals surface area contributed by atoms with E-state index in [1.807, 2.05) is 22.2 Å². The number of ether oxygens (including phenoxy) is 1. The predicted octanol–water partition coefficient (Wildman–Crippen LogP) is 1.15. The van der Waals surface area contributed by atoms with Crippen LogP contribution in [-0.2, 0) is 16.0 Å². The summed E-state index contributed by atoms with van der Waals surface area (Å²) in [5.41, 5.74) is 0.760. The van der Waals surface area contributed by atoms with Crippen molar-refractivity contribution in [3.05, 3.63) is 33.6 Å². The number of thiazole rings is 1. The molecule has 9 heteroatoms. The molecule has 2 heterocycles. The molecule has 2 rings (SSSR count). The van der Waals surface area contributed by atoms with Crippen LogP contribution in [-0.4, -0.2) is 32.3 Å². The number of nitrogens with zero attached hydrogens (tertiary/aromatic N) is 3. The molecule has 0 atom stereocenters. The van der Waals surface area contributed by atoms with E-state index in [2.05, 4.69) is 4.98 Å². The van der Waals surface area contributed by atoms with E-state index in [4.69, 9.17) is 20.1 Å². The molecule has 18 heavy (non-hydrogen) atoms. The van der Waals surface area contributed by atoms with Gasteiger partial charge in [0.1, 0.15) is 0 Å². The summed E-state index contributed by atoms with van der Waals surface area (Å²) in [7, 11) is 0. The Bertz CT molecular complexity index is 503. The van der Waals surface area contributed by atoms with Gasteiger partial charge in [0.15, 0.2) is 4.96 Å². The van der Waals surface area contributed by atoms with Crippen LogP contribution in [0, 0.1) is 10.1 Å². The lowest BCUT2D eigenvalue weighted by atomic mass is 10.3. The first-order valence-electron chi connectivity index (χ1n) is 4.93. The Morgan fingerprint density at radius 1 is 1.72 bits per heavy atom. The highest BCUT2D eigenvalue weighted by Gasteiger charge is 2.08. The first-order valence-corrected chi connectivity index (χ1v) is 5.80. The van der Waals surface area contributed by atoms with Crippen molar-refractivity contribution in [3.8, 4) is 0 Å². The lowest BCUT2D eigenvalue weighted by molar-refractivity contribution is -0.742. The van der Waals surface area contributed by atoms with E-state index in [1.54, 1.807) is 18.3 Å². The number of aromatic nitrogens is 2. The summed E-state index contributed by atoms with van der Waals surface area (Å²) in [5, 5.41) is 15.6. The second kappa shape index (κ2) is 6.55. The van der Waals surface area contributed by atoms with Crippen LogP contribution in [0.5, 0.6) is 0 Å². The second-order valence-electron chi connectivity index (χ2n) is 3.04. The number of fused-ring (bicyclic) bond motifs is 1. The van der Waals surface area contributed by atoms with Crippen LogP contribution in [0.3, 0.4) is 0 Å². The zero-order chi connectivity index (χ0) is 13.5. The Labute approximate surface area is 106 Å². The molecule has 2 aromatic rings. The predicted molar refractivity (Wildman–Crippen MR) is 62.2 cm³/mol. The van der Waals surface area contributed by atoms with Gasteiger partial charge in [0.05, 0.1) is 18.7 Å². The molecule has 0 aliphatic heterocycles. The van der Waals surface area contributed by atoms with Gasteiger partial charge < -0.3 is 9.94 Å². The van der Waals surface area contributed by atoms with Gasteiger partial charge in [-0.15, -0.1) is 21.5 Å². The van der Waals surface area contributed by atoms with Crippen LogP contribution in [0.15, 0.2) is 17.8 Å². The first kappa shape index (κ1) is 13.9. The van der Waals surface area contributed by atoms with Crippen molar-refractivity contribution in [3.63, 3.8) is 0 Å². The van der Waals surface area contributed by atoms with Crippen molar-refractivity contribution < 1.29 is 19.8 Å². The summed E-state index contributed by atoms with van der Waals surface area (Å²) in [5.74, 6) is -0.224. The van der Waals surface area contributed by atoms with Crippen molar-refractivity contribution in [2.24, 2.45) is 0 Å². The molecular formula is C9H11N3O5S. The monoisotopic (exact) mass is 273 g/mol. The SMILES string of the molecule is CCOC(=O)Cc1cn2ccsc2n1.O=[N+]([O-])O. The molecule has 0 fully saturated rings. The molecule has 0 saturated heterocycles. The fourth-order valence-corrected chi connectivity index (χ4v) is 1.94. The molecule has 0 amide bonds. The Kier molecular flexibility index (Phi) is 5.06. The summed E-state index contributed by atoms with van der Waals surface area (Å²) in [6, 6.07) is 0.